The van der Waals surface area contributed by atoms with Crippen molar-refractivity contribution >= 4 is 27.1 Å². The van der Waals surface area contributed by atoms with E-state index in [2.05, 4.69) is 86.8 Å². The zero-order valence-electron chi connectivity index (χ0n) is 19.9. The Morgan fingerprint density at radius 2 is 1.52 bits per heavy atom. The minimum absolute atomic E-state index is 0.0850. The van der Waals surface area contributed by atoms with Crippen LogP contribution in [0.1, 0.15) is 63.0 Å². The molecule has 1 fully saturated rings. The third-order valence-corrected chi connectivity index (χ3v) is 7.84. The monoisotopic (exact) mass is 430 g/mol. The van der Waals surface area contributed by atoms with E-state index in [-0.39, 0.29) is 5.41 Å². The standard InChI is InChI=1S/C33H34/c1-4-6-10-17-28-31-29-23-26-16-12-11-15-25(26)22-27(29)18-19-30(31)33(32(28)24(3)5-2)20-13-8-7-9-14-21-33/h4-6,10-12,15-19,22-23H,1-2,7-9,13-14,20-21H2,3H3/b10-6+,28-17-,32-24-. The Balaban J connectivity index is 1.89. The van der Waals surface area contributed by atoms with Crippen LogP contribution in [-0.2, 0) is 5.41 Å². The maximum absolute atomic E-state index is 4.20. The quantitative estimate of drug-likeness (QED) is 0.286. The molecular weight excluding hydrogens is 396 g/mol. The highest BCUT2D eigenvalue weighted by atomic mass is 14.5. The van der Waals surface area contributed by atoms with Gasteiger partial charge in [-0.2, -0.15) is 0 Å². The summed E-state index contributed by atoms with van der Waals surface area (Å²) in [7, 11) is 0. The normalized spacial score (nSPS) is 20.8. The summed E-state index contributed by atoms with van der Waals surface area (Å²) in [6.07, 6.45) is 19.5. The molecule has 0 aliphatic heterocycles. The summed E-state index contributed by atoms with van der Waals surface area (Å²) in [5.41, 5.74) is 7.25. The average molecular weight is 431 g/mol. The Labute approximate surface area is 198 Å². The van der Waals surface area contributed by atoms with Gasteiger partial charge in [-0.05, 0) is 81.3 Å². The molecule has 166 valence electrons. The fraction of sp³-hybridized carbons (Fsp3) is 0.273. The van der Waals surface area contributed by atoms with E-state index in [9.17, 15) is 0 Å². The molecule has 1 saturated carbocycles. The zero-order chi connectivity index (χ0) is 22.8. The molecule has 0 bridgehead atoms. The predicted octanol–water partition coefficient (Wildman–Crippen LogP) is 9.62. The number of allylic oxidation sites excluding steroid dienone is 8. The van der Waals surface area contributed by atoms with Crippen LogP contribution in [0.15, 0.2) is 103 Å². The molecule has 0 aromatic heterocycles. The maximum Gasteiger partial charge on any atom is 0.0218 e. The maximum atomic E-state index is 4.20. The number of benzene rings is 3. The van der Waals surface area contributed by atoms with Gasteiger partial charge in [0.25, 0.3) is 0 Å². The number of hydrogen-bond acceptors (Lipinski definition) is 0. The average Bonchev–Trinajstić information content (AvgIpc) is 3.10. The van der Waals surface area contributed by atoms with Gasteiger partial charge in [-0.1, -0.05) is 112 Å². The first-order valence-corrected chi connectivity index (χ1v) is 12.5. The van der Waals surface area contributed by atoms with Crippen LogP contribution in [0.3, 0.4) is 0 Å². The lowest BCUT2D eigenvalue weighted by Gasteiger charge is -2.35. The summed E-state index contributed by atoms with van der Waals surface area (Å²) in [6.45, 7) is 10.3. The van der Waals surface area contributed by atoms with Crippen molar-refractivity contribution in [2.45, 2.75) is 57.3 Å². The molecule has 1 spiro atoms. The van der Waals surface area contributed by atoms with Gasteiger partial charge in [-0.25, -0.2) is 0 Å². The Kier molecular flexibility index (Phi) is 5.94. The highest BCUT2D eigenvalue weighted by molar-refractivity contribution is 6.08. The molecule has 0 heteroatoms. The smallest absolute Gasteiger partial charge is 0.0218 e. The van der Waals surface area contributed by atoms with Gasteiger partial charge in [-0.15, -0.1) is 0 Å². The van der Waals surface area contributed by atoms with Crippen molar-refractivity contribution in [1.82, 2.24) is 0 Å². The van der Waals surface area contributed by atoms with Gasteiger partial charge in [0.1, 0.15) is 0 Å². The Hall–Kier alpha value is -3.12. The molecule has 0 N–H and O–H groups in total. The van der Waals surface area contributed by atoms with Gasteiger partial charge in [0.05, 0.1) is 0 Å². The van der Waals surface area contributed by atoms with E-state index in [1.807, 2.05) is 12.2 Å². The van der Waals surface area contributed by atoms with Gasteiger partial charge in [0, 0.05) is 5.41 Å². The van der Waals surface area contributed by atoms with Gasteiger partial charge >= 0.3 is 0 Å². The minimum atomic E-state index is 0.0850. The fourth-order valence-corrected chi connectivity index (χ4v) is 6.34. The van der Waals surface area contributed by atoms with E-state index < -0.39 is 0 Å². The first-order valence-electron chi connectivity index (χ1n) is 12.5. The van der Waals surface area contributed by atoms with Crippen molar-refractivity contribution in [2.75, 3.05) is 0 Å². The van der Waals surface area contributed by atoms with Crippen LogP contribution < -0.4 is 0 Å². The van der Waals surface area contributed by atoms with Gasteiger partial charge < -0.3 is 0 Å². The minimum Gasteiger partial charge on any atom is -0.0991 e. The molecule has 0 saturated heterocycles. The molecule has 0 heterocycles. The van der Waals surface area contributed by atoms with E-state index in [1.165, 1.54) is 94.3 Å². The molecule has 0 amide bonds. The van der Waals surface area contributed by atoms with E-state index in [0.717, 1.165) is 0 Å². The van der Waals surface area contributed by atoms with E-state index in [1.54, 1.807) is 0 Å². The third kappa shape index (κ3) is 3.62. The van der Waals surface area contributed by atoms with Gasteiger partial charge in [-0.3, -0.25) is 0 Å². The van der Waals surface area contributed by atoms with Crippen LogP contribution in [0.2, 0.25) is 0 Å². The second-order valence-electron chi connectivity index (χ2n) is 9.72. The highest BCUT2D eigenvalue weighted by Crippen LogP contribution is 2.58. The molecule has 0 nitrogen and oxygen atoms in total. The first kappa shape index (κ1) is 21.7. The molecule has 0 unspecified atom stereocenters. The lowest BCUT2D eigenvalue weighted by atomic mass is 9.68. The number of rotatable bonds is 3. The van der Waals surface area contributed by atoms with E-state index in [0.29, 0.717) is 0 Å². The van der Waals surface area contributed by atoms with Crippen molar-refractivity contribution in [3.63, 3.8) is 0 Å². The van der Waals surface area contributed by atoms with Gasteiger partial charge in [0.15, 0.2) is 0 Å². The molecule has 2 aliphatic carbocycles. The number of hydrogen-bond donors (Lipinski definition) is 0. The molecule has 5 rings (SSSR count). The summed E-state index contributed by atoms with van der Waals surface area (Å²) < 4.78 is 0. The summed E-state index contributed by atoms with van der Waals surface area (Å²) in [5.74, 6) is 0. The highest BCUT2D eigenvalue weighted by Gasteiger charge is 2.46. The topological polar surface area (TPSA) is 0 Å². The van der Waals surface area contributed by atoms with Crippen molar-refractivity contribution < 1.29 is 0 Å². The van der Waals surface area contributed by atoms with Crippen LogP contribution in [0.25, 0.3) is 27.1 Å². The second-order valence-corrected chi connectivity index (χ2v) is 9.72. The van der Waals surface area contributed by atoms with E-state index in [4.69, 9.17) is 0 Å². The predicted molar refractivity (Wildman–Crippen MR) is 146 cm³/mol. The SMILES string of the molecule is C=C/C=C/C=C1\C(=C(/C)C=C)C2(CCCCCCC2)c2ccc3cc4ccccc4cc3c21. The lowest BCUT2D eigenvalue weighted by Crippen LogP contribution is -2.27. The summed E-state index contributed by atoms with van der Waals surface area (Å²) >= 11 is 0. The molecule has 2 aliphatic rings. The van der Waals surface area contributed by atoms with Crippen molar-refractivity contribution in [3.05, 3.63) is 114 Å². The van der Waals surface area contributed by atoms with Crippen molar-refractivity contribution in [1.29, 1.82) is 0 Å². The Bertz CT molecular complexity index is 1320. The van der Waals surface area contributed by atoms with Gasteiger partial charge in [0.2, 0.25) is 0 Å². The lowest BCUT2D eigenvalue weighted by molar-refractivity contribution is 0.372. The second kappa shape index (κ2) is 9.02. The van der Waals surface area contributed by atoms with Crippen LogP contribution in [-0.4, -0.2) is 0 Å². The Morgan fingerprint density at radius 3 is 2.21 bits per heavy atom. The van der Waals surface area contributed by atoms with Crippen LogP contribution in [0.4, 0.5) is 0 Å². The molecule has 3 aromatic carbocycles. The fourth-order valence-electron chi connectivity index (χ4n) is 6.34. The first-order chi connectivity index (χ1) is 16.2. The molecular formula is C33H34. The van der Waals surface area contributed by atoms with Crippen LogP contribution in [0, 0.1) is 0 Å². The summed E-state index contributed by atoms with van der Waals surface area (Å²) in [5, 5.41) is 5.31. The zero-order valence-corrected chi connectivity index (χ0v) is 19.9. The third-order valence-electron chi connectivity index (χ3n) is 7.84. The molecule has 0 atom stereocenters. The molecule has 33 heavy (non-hydrogen) atoms. The van der Waals surface area contributed by atoms with Crippen LogP contribution in [0.5, 0.6) is 0 Å². The van der Waals surface area contributed by atoms with Crippen molar-refractivity contribution in [3.8, 4) is 0 Å². The largest absolute Gasteiger partial charge is 0.0991 e. The number of fused-ring (bicyclic) bond motifs is 5. The van der Waals surface area contributed by atoms with Crippen LogP contribution >= 0.6 is 0 Å². The summed E-state index contributed by atoms with van der Waals surface area (Å²) in [4.78, 5) is 0. The molecule has 0 radical (unpaired) electrons. The Morgan fingerprint density at radius 1 is 0.818 bits per heavy atom. The molecule has 3 aromatic rings. The van der Waals surface area contributed by atoms with Crippen molar-refractivity contribution in [2.24, 2.45) is 0 Å². The van der Waals surface area contributed by atoms with E-state index >= 15 is 0 Å². The summed E-state index contributed by atoms with van der Waals surface area (Å²) in [6, 6.07) is 18.3.